The van der Waals surface area contributed by atoms with E-state index < -0.39 is 33.6 Å². The molecule has 242 valence electrons. The summed E-state index contributed by atoms with van der Waals surface area (Å²) in [4.78, 5) is 23.8. The number of amides is 1. The highest BCUT2D eigenvalue weighted by molar-refractivity contribution is 7.88. The van der Waals surface area contributed by atoms with Gasteiger partial charge in [0, 0.05) is 38.0 Å². The first-order chi connectivity index (χ1) is 21.2. The number of alkyl halides is 2. The smallest absolute Gasteiger partial charge is 0.275 e. The highest BCUT2D eigenvalue weighted by Crippen LogP contribution is 2.40. The average molecular weight is 644 g/mol. The van der Waals surface area contributed by atoms with Gasteiger partial charge in [-0.2, -0.15) is 9.29 Å². The van der Waals surface area contributed by atoms with Gasteiger partial charge in [-0.3, -0.25) is 4.79 Å². The number of benzene rings is 2. The Hall–Kier alpha value is -3.88. The predicted molar refractivity (Wildman–Crippen MR) is 169 cm³/mol. The molecule has 1 fully saturated rings. The largest absolute Gasteiger partial charge is 0.496 e. The lowest BCUT2D eigenvalue weighted by atomic mass is 10.0. The number of likely N-dealkylation sites (N-methyl/N-ethyl adjacent to an activating group) is 1. The second kappa shape index (κ2) is 12.9. The Morgan fingerprint density at radius 1 is 1.16 bits per heavy atom. The molecule has 45 heavy (non-hydrogen) atoms. The molecule has 1 amide bonds. The Labute approximate surface area is 262 Å². The summed E-state index contributed by atoms with van der Waals surface area (Å²) in [7, 11) is 1.38. The third kappa shape index (κ3) is 7.34. The van der Waals surface area contributed by atoms with Crippen molar-refractivity contribution in [3.05, 3.63) is 70.9 Å². The van der Waals surface area contributed by atoms with Crippen molar-refractivity contribution < 1.29 is 26.7 Å². The second-order valence-corrected chi connectivity index (χ2v) is 13.9. The Morgan fingerprint density at radius 3 is 2.53 bits per heavy atom. The normalized spacial score (nSPS) is 19.3. The Morgan fingerprint density at radius 2 is 1.87 bits per heavy atom. The maximum absolute atomic E-state index is 14.8. The number of aromatic nitrogens is 2. The van der Waals surface area contributed by atoms with Gasteiger partial charge in [0.25, 0.3) is 11.8 Å². The lowest BCUT2D eigenvalue weighted by Gasteiger charge is -2.30. The van der Waals surface area contributed by atoms with Gasteiger partial charge in [0.2, 0.25) is 16.0 Å². The van der Waals surface area contributed by atoms with E-state index in [-0.39, 0.29) is 23.7 Å². The zero-order valence-electron chi connectivity index (χ0n) is 26.0. The highest BCUT2D eigenvalue weighted by Gasteiger charge is 2.40. The van der Waals surface area contributed by atoms with Crippen molar-refractivity contribution in [2.24, 2.45) is 0 Å². The van der Waals surface area contributed by atoms with Crippen molar-refractivity contribution in [3.63, 3.8) is 0 Å². The number of fused-ring (bicyclic) bond motifs is 1. The molecule has 5 rings (SSSR count). The van der Waals surface area contributed by atoms with Crippen LogP contribution in [0, 0.1) is 0 Å². The number of methoxy groups -OCH3 is 1. The zero-order valence-corrected chi connectivity index (χ0v) is 26.8. The molecule has 3 aromatic rings. The molecule has 2 aliphatic rings. The summed E-state index contributed by atoms with van der Waals surface area (Å²) in [5, 5.41) is 9.22. The highest BCUT2D eigenvalue weighted by atomic mass is 32.2. The third-order valence-electron chi connectivity index (χ3n) is 8.45. The van der Waals surface area contributed by atoms with Crippen molar-refractivity contribution in [2.75, 3.05) is 51.2 Å². The predicted octanol–water partition coefficient (Wildman–Crippen LogP) is 4.13. The van der Waals surface area contributed by atoms with Gasteiger partial charge in [0.05, 0.1) is 36.6 Å². The minimum atomic E-state index is -3.61. The molecule has 3 N–H and O–H groups in total. The van der Waals surface area contributed by atoms with Gasteiger partial charge in [-0.15, -0.1) is 0 Å². The number of carbonyl (C=O) groups is 1. The van der Waals surface area contributed by atoms with Gasteiger partial charge in [-0.05, 0) is 62.7 Å². The number of nitrogens with zero attached hydrogens (tertiary/aromatic N) is 4. The molecule has 2 unspecified atom stereocenters. The number of anilines is 3. The molecule has 2 heterocycles. The van der Waals surface area contributed by atoms with Gasteiger partial charge in [0.15, 0.2) is 0 Å². The number of likely N-dealkylation sites (tertiary alicyclic amines) is 1. The van der Waals surface area contributed by atoms with E-state index in [4.69, 9.17) is 4.74 Å². The van der Waals surface area contributed by atoms with Crippen LogP contribution in [0.15, 0.2) is 48.7 Å². The lowest BCUT2D eigenvalue weighted by Crippen LogP contribution is -2.43. The lowest BCUT2D eigenvalue weighted by molar-refractivity contribution is 0.0175. The van der Waals surface area contributed by atoms with Crippen LogP contribution in [0.5, 0.6) is 5.75 Å². The van der Waals surface area contributed by atoms with E-state index in [1.54, 1.807) is 18.2 Å². The van der Waals surface area contributed by atoms with Crippen molar-refractivity contribution in [1.82, 2.24) is 24.5 Å². The molecule has 0 bridgehead atoms. The number of carbonyl (C=O) groups excluding carboxylic acids is 1. The van der Waals surface area contributed by atoms with E-state index >= 15 is 0 Å². The molecule has 2 atom stereocenters. The number of piperidine rings is 1. The number of sulfonamides is 1. The van der Waals surface area contributed by atoms with Crippen LogP contribution in [0.3, 0.4) is 0 Å². The first-order valence-corrected chi connectivity index (χ1v) is 16.6. The van der Waals surface area contributed by atoms with E-state index in [0.717, 1.165) is 56.4 Å². The Kier molecular flexibility index (Phi) is 9.28. The molecule has 0 radical (unpaired) electrons. The van der Waals surface area contributed by atoms with Crippen molar-refractivity contribution >= 4 is 33.4 Å². The average Bonchev–Trinajstić information content (AvgIpc) is 3.34. The maximum Gasteiger partial charge on any atom is 0.275 e. The molecular weight excluding hydrogens is 604 g/mol. The van der Waals surface area contributed by atoms with Crippen LogP contribution in [0.1, 0.15) is 52.9 Å². The fourth-order valence-corrected chi connectivity index (χ4v) is 6.58. The molecule has 1 aliphatic carbocycles. The van der Waals surface area contributed by atoms with E-state index in [1.807, 2.05) is 24.3 Å². The summed E-state index contributed by atoms with van der Waals surface area (Å²) < 4.78 is 61.4. The van der Waals surface area contributed by atoms with E-state index in [0.29, 0.717) is 23.4 Å². The third-order valence-corrected chi connectivity index (χ3v) is 9.72. The standard InChI is InChI=1S/C31H39F2N7O4S/c1-31(32,33)24-18-34-30(36-21-10-11-23(26(17-21)44-4)29(41)35-20-12-14-39(2)15-13-20)38-28(24)37-25-16-19-8-6-7-9-22(19)27(25)40(3)45(5,42)43/h6-11,17-18,20,25,27H,12-16H2,1-5H3,(H,35,41)(H2,34,36,37,38). The summed E-state index contributed by atoms with van der Waals surface area (Å²) in [6.07, 6.45) is 4.29. The second-order valence-electron chi connectivity index (χ2n) is 11.8. The van der Waals surface area contributed by atoms with Crippen LogP contribution in [-0.2, 0) is 22.4 Å². The Balaban J connectivity index is 1.40. The summed E-state index contributed by atoms with van der Waals surface area (Å²) in [6, 6.07) is 11.2. The monoisotopic (exact) mass is 643 g/mol. The summed E-state index contributed by atoms with van der Waals surface area (Å²) in [6.45, 7) is 2.58. The van der Waals surface area contributed by atoms with Crippen LogP contribution in [0.2, 0.25) is 0 Å². The van der Waals surface area contributed by atoms with Gasteiger partial charge in [-0.1, -0.05) is 24.3 Å². The number of nitrogens with one attached hydrogen (secondary N) is 3. The molecule has 1 saturated heterocycles. The van der Waals surface area contributed by atoms with Crippen LogP contribution in [-0.4, -0.2) is 86.1 Å². The summed E-state index contributed by atoms with van der Waals surface area (Å²) >= 11 is 0. The molecule has 11 nitrogen and oxygen atoms in total. The van der Waals surface area contributed by atoms with Crippen LogP contribution >= 0.6 is 0 Å². The zero-order chi connectivity index (χ0) is 32.5. The number of hydrogen-bond donors (Lipinski definition) is 3. The molecule has 0 spiro atoms. The molecule has 14 heteroatoms. The number of rotatable bonds is 10. The molecule has 0 saturated carbocycles. The van der Waals surface area contributed by atoms with Gasteiger partial charge in [-0.25, -0.2) is 22.2 Å². The molecule has 2 aromatic carbocycles. The van der Waals surface area contributed by atoms with Gasteiger partial charge in [0.1, 0.15) is 11.6 Å². The van der Waals surface area contributed by atoms with Gasteiger partial charge >= 0.3 is 0 Å². The number of halogens is 2. The van der Waals surface area contributed by atoms with E-state index in [2.05, 4.69) is 37.9 Å². The van der Waals surface area contributed by atoms with Gasteiger partial charge < -0.3 is 25.6 Å². The number of ether oxygens (including phenoxy) is 1. The van der Waals surface area contributed by atoms with Crippen LogP contribution in [0.25, 0.3) is 0 Å². The van der Waals surface area contributed by atoms with Crippen LogP contribution < -0.4 is 20.7 Å². The molecule has 1 aliphatic heterocycles. The topological polar surface area (TPSA) is 129 Å². The fourth-order valence-electron chi connectivity index (χ4n) is 5.91. The number of hydrogen-bond acceptors (Lipinski definition) is 9. The molecule has 1 aromatic heterocycles. The van der Waals surface area contributed by atoms with Crippen molar-refractivity contribution in [1.29, 1.82) is 0 Å². The SMILES string of the molecule is COc1cc(Nc2ncc(C(C)(F)F)c(NC3Cc4ccccc4C3N(C)S(C)(=O)=O)n2)ccc1C(=O)NC1CCN(C)CC1. The molecular formula is C31H39F2N7O4S. The maximum atomic E-state index is 14.8. The first-order valence-electron chi connectivity index (χ1n) is 14.7. The fraction of sp³-hybridized carbons (Fsp3) is 0.452. The van der Waals surface area contributed by atoms with E-state index in [1.165, 1.54) is 18.5 Å². The van der Waals surface area contributed by atoms with E-state index in [9.17, 15) is 22.0 Å². The van der Waals surface area contributed by atoms with Crippen LogP contribution in [0.4, 0.5) is 26.2 Å². The van der Waals surface area contributed by atoms with Crippen molar-refractivity contribution in [3.8, 4) is 5.75 Å². The minimum Gasteiger partial charge on any atom is -0.496 e. The first kappa shape index (κ1) is 32.5. The van der Waals surface area contributed by atoms with Crippen molar-refractivity contribution in [2.45, 2.75) is 50.2 Å². The summed E-state index contributed by atoms with van der Waals surface area (Å²) in [5.41, 5.74) is 2.14. The Bertz CT molecular complexity index is 1660. The minimum absolute atomic E-state index is 0.0274. The quantitative estimate of drug-likeness (QED) is 0.299. The summed E-state index contributed by atoms with van der Waals surface area (Å²) in [5.74, 6) is -3.28.